The van der Waals surface area contributed by atoms with Gasteiger partial charge in [-0.3, -0.25) is 0 Å². The molecule has 0 radical (unpaired) electrons. The molecule has 0 spiro atoms. The van der Waals surface area contributed by atoms with Crippen LogP contribution < -0.4 is 5.32 Å². The lowest BCUT2D eigenvalue weighted by Gasteiger charge is -2.06. The first kappa shape index (κ1) is 13.9. The average molecular weight is 276 g/mol. The van der Waals surface area contributed by atoms with Crippen LogP contribution >= 0.6 is 11.3 Å². The van der Waals surface area contributed by atoms with E-state index in [0.717, 1.165) is 37.2 Å². The monoisotopic (exact) mass is 276 g/mol. The Morgan fingerprint density at radius 2 is 1.68 bits per heavy atom. The quantitative estimate of drug-likeness (QED) is 0.880. The largest absolute Gasteiger partial charge is 0.348 e. The van der Waals surface area contributed by atoms with Gasteiger partial charge in [0, 0.05) is 9.75 Å². The molecule has 0 aromatic carbocycles. The highest BCUT2D eigenvalue weighted by Gasteiger charge is 2.06. The Kier molecular flexibility index (Phi) is 4.85. The molecule has 19 heavy (non-hydrogen) atoms. The van der Waals surface area contributed by atoms with Crippen LogP contribution in [0.15, 0.2) is 12.1 Å². The maximum Gasteiger partial charge on any atom is 0.243 e. The minimum Gasteiger partial charge on any atom is -0.348 e. The Balaban J connectivity index is 2.03. The maximum atomic E-state index is 4.52. The first-order valence-electron chi connectivity index (χ1n) is 6.80. The van der Waals surface area contributed by atoms with E-state index in [1.54, 1.807) is 0 Å². The van der Waals surface area contributed by atoms with E-state index in [4.69, 9.17) is 0 Å². The molecule has 0 amide bonds. The van der Waals surface area contributed by atoms with Crippen LogP contribution in [0, 0.1) is 0 Å². The Morgan fingerprint density at radius 1 is 0.947 bits per heavy atom. The third kappa shape index (κ3) is 3.50. The molecule has 1 N–H and O–H groups in total. The molecule has 5 heteroatoms. The van der Waals surface area contributed by atoms with Gasteiger partial charge in [0.05, 0.1) is 17.9 Å². The molecule has 0 bridgehead atoms. The average Bonchev–Trinajstić information content (AvgIpc) is 2.92. The number of anilines is 1. The molecule has 0 saturated heterocycles. The topological polar surface area (TPSA) is 50.7 Å². The van der Waals surface area contributed by atoms with Crippen LogP contribution in [-0.2, 0) is 25.8 Å². The maximum absolute atomic E-state index is 4.52. The summed E-state index contributed by atoms with van der Waals surface area (Å²) >= 11 is 1.83. The summed E-state index contributed by atoms with van der Waals surface area (Å²) in [4.78, 5) is 7.24. The molecule has 0 aliphatic rings. The molecule has 2 heterocycles. The van der Waals surface area contributed by atoms with Gasteiger partial charge in [-0.05, 0) is 31.4 Å². The van der Waals surface area contributed by atoms with Crippen LogP contribution in [-0.4, -0.2) is 15.2 Å². The fourth-order valence-electron chi connectivity index (χ4n) is 1.89. The van der Waals surface area contributed by atoms with Crippen molar-refractivity contribution in [3.8, 4) is 0 Å². The zero-order valence-corrected chi connectivity index (χ0v) is 12.5. The zero-order chi connectivity index (χ0) is 13.7. The third-order valence-corrected chi connectivity index (χ3v) is 4.23. The molecule has 0 atom stereocenters. The molecule has 4 nitrogen and oxygen atoms in total. The Hall–Kier alpha value is -1.49. The molecular formula is C14H20N4S. The molecule has 0 saturated carbocycles. The molecule has 102 valence electrons. The van der Waals surface area contributed by atoms with Gasteiger partial charge in [0.2, 0.25) is 5.95 Å². The summed E-state index contributed by atoms with van der Waals surface area (Å²) in [7, 11) is 0. The van der Waals surface area contributed by atoms with Crippen molar-refractivity contribution < 1.29 is 0 Å². The van der Waals surface area contributed by atoms with E-state index < -0.39 is 0 Å². The van der Waals surface area contributed by atoms with E-state index in [-0.39, 0.29) is 0 Å². The van der Waals surface area contributed by atoms with Crippen LogP contribution in [0.25, 0.3) is 0 Å². The van der Waals surface area contributed by atoms with Crippen LogP contribution in [0.4, 0.5) is 5.95 Å². The Morgan fingerprint density at radius 3 is 2.32 bits per heavy atom. The van der Waals surface area contributed by atoms with Crippen molar-refractivity contribution in [1.29, 1.82) is 0 Å². The van der Waals surface area contributed by atoms with Crippen molar-refractivity contribution in [2.24, 2.45) is 0 Å². The fraction of sp³-hybridized carbons (Fsp3) is 0.500. The van der Waals surface area contributed by atoms with E-state index in [0.29, 0.717) is 5.95 Å². The Labute approximate surface area is 118 Å². The molecule has 2 rings (SSSR count). The highest BCUT2D eigenvalue weighted by molar-refractivity contribution is 7.12. The number of thiophene rings is 1. The molecule has 0 aliphatic heterocycles. The summed E-state index contributed by atoms with van der Waals surface area (Å²) in [5.74, 6) is 0.625. The summed E-state index contributed by atoms with van der Waals surface area (Å²) < 4.78 is 0. The second-order valence-corrected chi connectivity index (χ2v) is 5.56. The van der Waals surface area contributed by atoms with Gasteiger partial charge in [-0.25, -0.2) is 4.98 Å². The van der Waals surface area contributed by atoms with E-state index in [1.165, 1.54) is 9.75 Å². The molecule has 2 aromatic rings. The van der Waals surface area contributed by atoms with E-state index in [9.17, 15) is 0 Å². The van der Waals surface area contributed by atoms with Crippen LogP contribution in [0.2, 0.25) is 0 Å². The smallest absolute Gasteiger partial charge is 0.243 e. The van der Waals surface area contributed by atoms with Crippen LogP contribution in [0.3, 0.4) is 0 Å². The standard InChI is InChI=1S/C14H20N4S/c1-4-10-7-8-11(19-10)9-15-14-16-12(5-2)13(6-3)17-18-14/h7-8H,4-6,9H2,1-3H3,(H,15,16,18). The summed E-state index contributed by atoms with van der Waals surface area (Å²) in [5, 5.41) is 11.6. The first-order valence-corrected chi connectivity index (χ1v) is 7.62. The molecule has 0 aliphatic carbocycles. The van der Waals surface area contributed by atoms with Crippen molar-refractivity contribution in [2.45, 2.75) is 46.6 Å². The lowest BCUT2D eigenvalue weighted by molar-refractivity contribution is 0.820. The second-order valence-electron chi connectivity index (χ2n) is 4.31. The van der Waals surface area contributed by atoms with Gasteiger partial charge in [0.25, 0.3) is 0 Å². The van der Waals surface area contributed by atoms with Crippen LogP contribution in [0.5, 0.6) is 0 Å². The SMILES string of the molecule is CCc1ccc(CNc2nnc(CC)c(CC)n2)s1. The Bertz CT molecular complexity index is 536. The molecule has 0 fully saturated rings. The van der Waals surface area contributed by atoms with Gasteiger partial charge in [-0.15, -0.1) is 16.4 Å². The molecular weight excluding hydrogens is 256 g/mol. The van der Waals surface area contributed by atoms with Gasteiger partial charge in [0.1, 0.15) is 0 Å². The second kappa shape index (κ2) is 6.61. The third-order valence-electron chi connectivity index (χ3n) is 3.00. The van der Waals surface area contributed by atoms with Crippen molar-refractivity contribution in [1.82, 2.24) is 15.2 Å². The summed E-state index contributed by atoms with van der Waals surface area (Å²) in [5.41, 5.74) is 2.04. The lowest BCUT2D eigenvalue weighted by Crippen LogP contribution is -2.08. The van der Waals surface area contributed by atoms with Gasteiger partial charge < -0.3 is 5.32 Å². The summed E-state index contributed by atoms with van der Waals surface area (Å²) in [6.07, 6.45) is 2.87. The number of nitrogens with zero attached hydrogens (tertiary/aromatic N) is 3. The minimum absolute atomic E-state index is 0.625. The molecule has 2 aromatic heterocycles. The van der Waals surface area contributed by atoms with Gasteiger partial charge >= 0.3 is 0 Å². The van der Waals surface area contributed by atoms with Gasteiger partial charge in [-0.2, -0.15) is 5.10 Å². The van der Waals surface area contributed by atoms with Crippen molar-refractivity contribution in [3.05, 3.63) is 33.3 Å². The highest BCUT2D eigenvalue weighted by atomic mass is 32.1. The fourth-order valence-corrected chi connectivity index (χ4v) is 2.78. The van der Waals surface area contributed by atoms with E-state index in [1.807, 2.05) is 11.3 Å². The predicted octanol–water partition coefficient (Wildman–Crippen LogP) is 3.23. The first-order chi connectivity index (χ1) is 9.26. The molecule has 0 unspecified atom stereocenters. The highest BCUT2D eigenvalue weighted by Crippen LogP contribution is 2.17. The van der Waals surface area contributed by atoms with Crippen molar-refractivity contribution in [2.75, 3.05) is 5.32 Å². The number of aryl methyl sites for hydroxylation is 3. The number of nitrogens with one attached hydrogen (secondary N) is 1. The number of hydrogen-bond donors (Lipinski definition) is 1. The van der Waals surface area contributed by atoms with Gasteiger partial charge in [-0.1, -0.05) is 20.8 Å². The minimum atomic E-state index is 0.625. The summed E-state index contributed by atoms with van der Waals surface area (Å²) in [6, 6.07) is 4.34. The number of aromatic nitrogens is 3. The zero-order valence-electron chi connectivity index (χ0n) is 11.7. The number of rotatable bonds is 6. The van der Waals surface area contributed by atoms with Crippen molar-refractivity contribution >= 4 is 17.3 Å². The lowest BCUT2D eigenvalue weighted by atomic mass is 10.2. The van der Waals surface area contributed by atoms with Crippen LogP contribution in [0.1, 0.15) is 41.9 Å². The predicted molar refractivity (Wildman–Crippen MR) is 79.6 cm³/mol. The van der Waals surface area contributed by atoms with E-state index >= 15 is 0 Å². The normalized spacial score (nSPS) is 10.7. The van der Waals surface area contributed by atoms with Crippen molar-refractivity contribution in [3.63, 3.8) is 0 Å². The van der Waals surface area contributed by atoms with E-state index in [2.05, 4.69) is 53.4 Å². The van der Waals surface area contributed by atoms with Gasteiger partial charge in [0.15, 0.2) is 0 Å². The summed E-state index contributed by atoms with van der Waals surface area (Å²) in [6.45, 7) is 7.11. The number of hydrogen-bond acceptors (Lipinski definition) is 5.